The van der Waals surface area contributed by atoms with Crippen molar-refractivity contribution >= 4 is 5.97 Å². The van der Waals surface area contributed by atoms with E-state index in [-0.39, 0.29) is 6.61 Å². The van der Waals surface area contributed by atoms with Gasteiger partial charge < -0.3 is 9.47 Å². The largest absolute Gasteiger partial charge is 0.464 e. The highest BCUT2D eigenvalue weighted by Gasteiger charge is 2.75. The van der Waals surface area contributed by atoms with Gasteiger partial charge in [-0.05, 0) is 13.8 Å². The SMILES string of the molecule is CCOC(=O)C1(C)OC1(C#N)C#N. The van der Waals surface area contributed by atoms with Gasteiger partial charge >= 0.3 is 5.97 Å². The number of nitriles is 2. The van der Waals surface area contributed by atoms with Crippen molar-refractivity contribution in [1.29, 1.82) is 10.5 Å². The molecule has 0 amide bonds. The molecule has 68 valence electrons. The van der Waals surface area contributed by atoms with Crippen molar-refractivity contribution in [3.05, 3.63) is 0 Å². The van der Waals surface area contributed by atoms with Gasteiger partial charge in [0.15, 0.2) is 0 Å². The van der Waals surface area contributed by atoms with Crippen molar-refractivity contribution in [2.24, 2.45) is 0 Å². The van der Waals surface area contributed by atoms with E-state index in [0.717, 1.165) is 0 Å². The summed E-state index contributed by atoms with van der Waals surface area (Å²) in [6, 6.07) is 3.30. The standard InChI is InChI=1S/C8H8N2O3/c1-3-12-6(11)7(2)8(4-9,5-10)13-7/h3H2,1-2H3. The molecule has 0 saturated carbocycles. The Bertz CT molecular complexity index is 311. The second-order valence-corrected chi connectivity index (χ2v) is 2.76. The second kappa shape index (κ2) is 2.72. The molecular formula is C8H8N2O3. The van der Waals surface area contributed by atoms with E-state index in [0.29, 0.717) is 0 Å². The van der Waals surface area contributed by atoms with Gasteiger partial charge in [0, 0.05) is 0 Å². The van der Waals surface area contributed by atoms with Gasteiger partial charge in [0.1, 0.15) is 12.1 Å². The van der Waals surface area contributed by atoms with Crippen LogP contribution in [0.3, 0.4) is 0 Å². The summed E-state index contributed by atoms with van der Waals surface area (Å²) < 4.78 is 9.47. The van der Waals surface area contributed by atoms with Crippen LogP contribution in [-0.2, 0) is 14.3 Å². The molecule has 1 fully saturated rings. The first-order valence-corrected chi connectivity index (χ1v) is 3.76. The molecule has 5 nitrogen and oxygen atoms in total. The normalized spacial score (nSPS) is 28.3. The summed E-state index contributed by atoms with van der Waals surface area (Å²) in [7, 11) is 0. The number of rotatable bonds is 2. The molecule has 0 radical (unpaired) electrons. The first kappa shape index (κ1) is 9.50. The minimum Gasteiger partial charge on any atom is -0.464 e. The molecule has 1 saturated heterocycles. The number of carbonyl (C=O) groups excluding carboxylic acids is 1. The molecule has 0 bridgehead atoms. The monoisotopic (exact) mass is 180 g/mol. The van der Waals surface area contributed by atoms with E-state index in [4.69, 9.17) is 15.3 Å². The Labute approximate surface area is 75.5 Å². The predicted octanol–water partition coefficient (Wildman–Crippen LogP) is 0.124. The van der Waals surface area contributed by atoms with E-state index in [9.17, 15) is 4.79 Å². The van der Waals surface area contributed by atoms with Crippen molar-refractivity contribution in [3.8, 4) is 12.1 Å². The summed E-state index contributed by atoms with van der Waals surface area (Å²) in [6.45, 7) is 3.21. The van der Waals surface area contributed by atoms with E-state index in [1.54, 1.807) is 19.1 Å². The van der Waals surface area contributed by atoms with Crippen LogP contribution >= 0.6 is 0 Å². The summed E-state index contributed by atoms with van der Waals surface area (Å²) in [4.78, 5) is 11.2. The highest BCUT2D eigenvalue weighted by molar-refractivity contribution is 5.87. The van der Waals surface area contributed by atoms with Crippen LogP contribution in [0.2, 0.25) is 0 Å². The highest BCUT2D eigenvalue weighted by atomic mass is 16.7. The van der Waals surface area contributed by atoms with Gasteiger partial charge in [0.05, 0.1) is 6.61 Å². The molecule has 0 spiro atoms. The molecule has 1 aliphatic rings. The lowest BCUT2D eigenvalue weighted by Crippen LogP contribution is -2.31. The Balaban J connectivity index is 2.82. The fourth-order valence-corrected chi connectivity index (χ4v) is 1.02. The lowest BCUT2D eigenvalue weighted by atomic mass is 9.97. The molecule has 0 aromatic rings. The third-order valence-corrected chi connectivity index (χ3v) is 1.97. The van der Waals surface area contributed by atoms with E-state index in [2.05, 4.69) is 4.74 Å². The fourth-order valence-electron chi connectivity index (χ4n) is 1.02. The van der Waals surface area contributed by atoms with Gasteiger partial charge in [-0.3, -0.25) is 0 Å². The molecule has 1 atom stereocenters. The van der Waals surface area contributed by atoms with Crippen LogP contribution in [0.4, 0.5) is 0 Å². The van der Waals surface area contributed by atoms with Gasteiger partial charge in [-0.1, -0.05) is 0 Å². The van der Waals surface area contributed by atoms with Crippen LogP contribution in [0.5, 0.6) is 0 Å². The zero-order chi connectivity index (χ0) is 10.1. The maximum absolute atomic E-state index is 11.2. The number of ether oxygens (including phenoxy) is 2. The van der Waals surface area contributed by atoms with Crippen molar-refractivity contribution in [1.82, 2.24) is 0 Å². The minimum atomic E-state index is -1.65. The maximum Gasteiger partial charge on any atom is 0.343 e. The predicted molar refractivity (Wildman–Crippen MR) is 40.1 cm³/mol. The lowest BCUT2D eigenvalue weighted by Gasteiger charge is -2.04. The molecule has 1 rings (SSSR count). The third kappa shape index (κ3) is 1.06. The summed E-state index contributed by atoms with van der Waals surface area (Å²) in [6.07, 6.45) is 0. The number of nitrogens with zero attached hydrogens (tertiary/aromatic N) is 2. The first-order valence-electron chi connectivity index (χ1n) is 3.76. The zero-order valence-electron chi connectivity index (χ0n) is 7.33. The Kier molecular flexibility index (Phi) is 1.99. The Hall–Kier alpha value is -1.59. The average molecular weight is 180 g/mol. The van der Waals surface area contributed by atoms with Gasteiger partial charge in [-0.15, -0.1) is 0 Å². The average Bonchev–Trinajstić information content (AvgIpc) is 2.75. The number of carbonyl (C=O) groups is 1. The van der Waals surface area contributed by atoms with Crippen LogP contribution in [0, 0.1) is 22.7 Å². The number of epoxide rings is 1. The van der Waals surface area contributed by atoms with Crippen molar-refractivity contribution in [2.45, 2.75) is 25.0 Å². The molecule has 1 heterocycles. The van der Waals surface area contributed by atoms with Gasteiger partial charge in [0.2, 0.25) is 5.60 Å². The zero-order valence-corrected chi connectivity index (χ0v) is 7.33. The summed E-state index contributed by atoms with van der Waals surface area (Å²) in [5, 5.41) is 17.2. The molecule has 0 aromatic carbocycles. The fraction of sp³-hybridized carbons (Fsp3) is 0.625. The van der Waals surface area contributed by atoms with Crippen LogP contribution in [0.15, 0.2) is 0 Å². The number of hydrogen-bond donors (Lipinski definition) is 0. The van der Waals surface area contributed by atoms with Crippen molar-refractivity contribution in [3.63, 3.8) is 0 Å². The molecule has 1 aliphatic heterocycles. The molecule has 5 heteroatoms. The van der Waals surface area contributed by atoms with E-state index < -0.39 is 17.2 Å². The van der Waals surface area contributed by atoms with Crippen molar-refractivity contribution in [2.75, 3.05) is 6.61 Å². The van der Waals surface area contributed by atoms with Crippen LogP contribution in [0.25, 0.3) is 0 Å². The smallest absolute Gasteiger partial charge is 0.343 e. The Morgan fingerprint density at radius 3 is 2.38 bits per heavy atom. The molecule has 0 aliphatic carbocycles. The summed E-state index contributed by atoms with van der Waals surface area (Å²) in [5.74, 6) is -0.668. The molecule has 0 N–H and O–H groups in total. The van der Waals surface area contributed by atoms with Crippen LogP contribution < -0.4 is 0 Å². The van der Waals surface area contributed by atoms with E-state index in [1.807, 2.05) is 0 Å². The Morgan fingerprint density at radius 1 is 1.54 bits per heavy atom. The van der Waals surface area contributed by atoms with Crippen molar-refractivity contribution < 1.29 is 14.3 Å². The topological polar surface area (TPSA) is 86.4 Å². The number of hydrogen-bond acceptors (Lipinski definition) is 5. The molecular weight excluding hydrogens is 172 g/mol. The lowest BCUT2D eigenvalue weighted by molar-refractivity contribution is -0.148. The second-order valence-electron chi connectivity index (χ2n) is 2.76. The van der Waals surface area contributed by atoms with Crippen LogP contribution in [0.1, 0.15) is 13.8 Å². The molecule has 1 unspecified atom stereocenters. The number of esters is 1. The third-order valence-electron chi connectivity index (χ3n) is 1.97. The maximum atomic E-state index is 11.2. The van der Waals surface area contributed by atoms with E-state index in [1.165, 1.54) is 6.92 Å². The summed E-state index contributed by atoms with van der Waals surface area (Å²) in [5.41, 5.74) is -3.06. The van der Waals surface area contributed by atoms with Crippen LogP contribution in [-0.4, -0.2) is 23.8 Å². The molecule has 0 aromatic heterocycles. The van der Waals surface area contributed by atoms with Gasteiger partial charge in [-0.25, -0.2) is 4.79 Å². The molecule has 13 heavy (non-hydrogen) atoms. The van der Waals surface area contributed by atoms with Gasteiger partial charge in [-0.2, -0.15) is 10.5 Å². The highest BCUT2D eigenvalue weighted by Crippen LogP contribution is 2.47. The summed E-state index contributed by atoms with van der Waals surface area (Å²) >= 11 is 0. The minimum absolute atomic E-state index is 0.199. The van der Waals surface area contributed by atoms with E-state index >= 15 is 0 Å². The quantitative estimate of drug-likeness (QED) is 0.445. The first-order chi connectivity index (χ1) is 6.06. The Morgan fingerprint density at radius 2 is 2.08 bits per heavy atom. The van der Waals surface area contributed by atoms with Gasteiger partial charge in [0.25, 0.3) is 5.60 Å².